The summed E-state index contributed by atoms with van der Waals surface area (Å²) >= 11 is 7.38. The molecule has 1 aromatic heterocycles. The molecular formula is C9H8ClNO3S. The lowest BCUT2D eigenvalue weighted by atomic mass is 10.3. The number of thioether (sulfide) groups is 1. The van der Waals surface area contributed by atoms with E-state index in [9.17, 15) is 4.79 Å². The third-order valence-electron chi connectivity index (χ3n) is 1.97. The van der Waals surface area contributed by atoms with Crippen LogP contribution < -0.4 is 0 Å². The number of nitrogens with zero attached hydrogens (tertiary/aromatic N) is 1. The molecule has 80 valence electrons. The number of ether oxygens (including phenoxy) is 1. The molecule has 1 aliphatic rings. The summed E-state index contributed by atoms with van der Waals surface area (Å²) in [4.78, 5) is 14.9. The minimum Gasteiger partial charge on any atom is -0.478 e. The van der Waals surface area contributed by atoms with Crippen LogP contribution in [0.25, 0.3) is 0 Å². The summed E-state index contributed by atoms with van der Waals surface area (Å²) in [5.74, 6) is -1.03. The molecule has 0 unspecified atom stereocenters. The lowest BCUT2D eigenvalue weighted by Gasteiger charge is -2.25. The Hall–Kier alpha value is -0.780. The summed E-state index contributed by atoms with van der Waals surface area (Å²) < 4.78 is 5.02. The number of hydrogen-bond donors (Lipinski definition) is 1. The number of pyridine rings is 1. The second-order valence-corrected chi connectivity index (χ2v) is 4.73. The van der Waals surface area contributed by atoms with E-state index < -0.39 is 5.97 Å². The third-order valence-corrected chi connectivity index (χ3v) is 3.61. The molecule has 1 aliphatic heterocycles. The molecule has 1 N–H and O–H groups in total. The van der Waals surface area contributed by atoms with E-state index in [0.29, 0.717) is 23.5 Å². The standard InChI is InChI=1S/C9H8ClNO3S/c10-7-6(9(12)13)1-2-11-8(7)15-5-3-14-4-5/h1-2,5H,3-4H2,(H,12,13). The second kappa shape index (κ2) is 4.38. The van der Waals surface area contributed by atoms with E-state index >= 15 is 0 Å². The Bertz CT molecular complexity index is 395. The summed E-state index contributed by atoms with van der Waals surface area (Å²) in [6.45, 7) is 1.33. The lowest BCUT2D eigenvalue weighted by molar-refractivity contribution is 0.0455. The molecule has 4 nitrogen and oxygen atoms in total. The highest BCUT2D eigenvalue weighted by molar-refractivity contribution is 8.00. The van der Waals surface area contributed by atoms with Crippen LogP contribution in [0.2, 0.25) is 5.02 Å². The van der Waals surface area contributed by atoms with Crippen LogP contribution in [0.4, 0.5) is 0 Å². The predicted octanol–water partition coefficient (Wildman–Crippen LogP) is 1.92. The molecule has 15 heavy (non-hydrogen) atoms. The zero-order valence-electron chi connectivity index (χ0n) is 7.64. The van der Waals surface area contributed by atoms with Gasteiger partial charge in [0.2, 0.25) is 0 Å². The normalized spacial score (nSPS) is 16.1. The first kappa shape index (κ1) is 10.7. The van der Waals surface area contributed by atoms with Crippen molar-refractivity contribution >= 4 is 29.3 Å². The van der Waals surface area contributed by atoms with Crippen molar-refractivity contribution in [3.8, 4) is 0 Å². The Morgan fingerprint density at radius 2 is 2.40 bits per heavy atom. The fraction of sp³-hybridized carbons (Fsp3) is 0.333. The highest BCUT2D eigenvalue weighted by Crippen LogP contribution is 2.33. The minimum atomic E-state index is -1.03. The van der Waals surface area contributed by atoms with Crippen LogP contribution in [0.5, 0.6) is 0 Å². The monoisotopic (exact) mass is 245 g/mol. The summed E-state index contributed by atoms with van der Waals surface area (Å²) in [5, 5.41) is 9.95. The second-order valence-electron chi connectivity index (χ2n) is 3.06. The van der Waals surface area contributed by atoms with Crippen LogP contribution in [0.15, 0.2) is 17.3 Å². The first-order valence-corrected chi connectivity index (χ1v) is 5.56. The summed E-state index contributed by atoms with van der Waals surface area (Å²) in [6, 6.07) is 1.39. The maximum atomic E-state index is 10.8. The lowest BCUT2D eigenvalue weighted by Crippen LogP contribution is -2.30. The quantitative estimate of drug-likeness (QED) is 0.882. The Morgan fingerprint density at radius 3 is 2.93 bits per heavy atom. The maximum absolute atomic E-state index is 10.8. The van der Waals surface area contributed by atoms with Crippen molar-refractivity contribution in [2.45, 2.75) is 10.3 Å². The SMILES string of the molecule is O=C(O)c1ccnc(SC2COC2)c1Cl. The van der Waals surface area contributed by atoms with Gasteiger partial charge in [0, 0.05) is 6.20 Å². The van der Waals surface area contributed by atoms with Crippen molar-refractivity contribution in [3.05, 3.63) is 22.8 Å². The largest absolute Gasteiger partial charge is 0.478 e. The van der Waals surface area contributed by atoms with E-state index in [1.54, 1.807) is 0 Å². The van der Waals surface area contributed by atoms with Gasteiger partial charge in [-0.25, -0.2) is 9.78 Å². The molecule has 0 spiro atoms. The number of halogens is 1. The molecule has 0 bridgehead atoms. The van der Waals surface area contributed by atoms with Gasteiger partial charge in [0.05, 0.1) is 29.0 Å². The Kier molecular flexibility index (Phi) is 3.14. The van der Waals surface area contributed by atoms with Crippen molar-refractivity contribution in [2.24, 2.45) is 0 Å². The summed E-state index contributed by atoms with van der Waals surface area (Å²) in [5.41, 5.74) is 0.0920. The Labute approximate surface area is 95.6 Å². The molecule has 0 aromatic carbocycles. The van der Waals surface area contributed by atoms with Gasteiger partial charge in [-0.3, -0.25) is 0 Å². The van der Waals surface area contributed by atoms with Crippen LogP contribution in [-0.2, 0) is 4.74 Å². The van der Waals surface area contributed by atoms with E-state index in [4.69, 9.17) is 21.4 Å². The van der Waals surface area contributed by atoms with Crippen LogP contribution in [-0.4, -0.2) is 34.5 Å². The number of carbonyl (C=O) groups is 1. The Morgan fingerprint density at radius 1 is 1.67 bits per heavy atom. The van der Waals surface area contributed by atoms with Crippen LogP contribution >= 0.6 is 23.4 Å². The number of aromatic nitrogens is 1. The molecule has 1 saturated heterocycles. The molecule has 0 aliphatic carbocycles. The van der Waals surface area contributed by atoms with Crippen LogP contribution in [0.3, 0.4) is 0 Å². The summed E-state index contributed by atoms with van der Waals surface area (Å²) in [6.07, 6.45) is 1.46. The number of carboxylic acids is 1. The van der Waals surface area contributed by atoms with Gasteiger partial charge in [-0.1, -0.05) is 23.4 Å². The zero-order valence-corrected chi connectivity index (χ0v) is 9.22. The van der Waals surface area contributed by atoms with Gasteiger partial charge in [0.25, 0.3) is 0 Å². The van der Waals surface area contributed by atoms with E-state index in [2.05, 4.69) is 4.98 Å². The van der Waals surface area contributed by atoms with Gasteiger partial charge in [-0.05, 0) is 6.07 Å². The average molecular weight is 246 g/mol. The predicted molar refractivity (Wildman–Crippen MR) is 56.7 cm³/mol. The fourth-order valence-corrected chi connectivity index (χ4v) is 2.42. The molecule has 1 fully saturated rings. The van der Waals surface area contributed by atoms with Gasteiger partial charge < -0.3 is 9.84 Å². The molecule has 2 rings (SSSR count). The van der Waals surface area contributed by atoms with E-state index in [-0.39, 0.29) is 10.6 Å². The molecule has 0 amide bonds. The molecule has 0 atom stereocenters. The highest BCUT2D eigenvalue weighted by atomic mass is 35.5. The van der Waals surface area contributed by atoms with Gasteiger partial charge in [-0.15, -0.1) is 0 Å². The van der Waals surface area contributed by atoms with Gasteiger partial charge in [0.1, 0.15) is 5.03 Å². The first-order valence-electron chi connectivity index (χ1n) is 4.30. The molecule has 0 saturated carbocycles. The number of carboxylic acid groups (broad SMARTS) is 1. The zero-order chi connectivity index (χ0) is 10.8. The maximum Gasteiger partial charge on any atom is 0.337 e. The third kappa shape index (κ3) is 2.25. The van der Waals surface area contributed by atoms with E-state index in [0.717, 1.165) is 0 Å². The average Bonchev–Trinajstić information content (AvgIpc) is 2.13. The van der Waals surface area contributed by atoms with Crippen LogP contribution in [0.1, 0.15) is 10.4 Å². The topological polar surface area (TPSA) is 59.4 Å². The Balaban J connectivity index is 2.22. The van der Waals surface area contributed by atoms with Crippen molar-refractivity contribution in [1.29, 1.82) is 0 Å². The molecule has 2 heterocycles. The molecule has 0 radical (unpaired) electrons. The van der Waals surface area contributed by atoms with Gasteiger partial charge in [-0.2, -0.15) is 0 Å². The van der Waals surface area contributed by atoms with E-state index in [1.165, 1.54) is 24.0 Å². The fourth-order valence-electron chi connectivity index (χ4n) is 1.11. The van der Waals surface area contributed by atoms with Gasteiger partial charge >= 0.3 is 5.97 Å². The molecule has 6 heteroatoms. The summed E-state index contributed by atoms with van der Waals surface area (Å²) in [7, 11) is 0. The van der Waals surface area contributed by atoms with E-state index in [1.807, 2.05) is 0 Å². The molecule has 1 aromatic rings. The smallest absolute Gasteiger partial charge is 0.337 e. The van der Waals surface area contributed by atoms with Gasteiger partial charge in [0.15, 0.2) is 0 Å². The van der Waals surface area contributed by atoms with Crippen molar-refractivity contribution in [3.63, 3.8) is 0 Å². The van der Waals surface area contributed by atoms with Crippen molar-refractivity contribution in [2.75, 3.05) is 13.2 Å². The minimum absolute atomic E-state index is 0.0920. The number of hydrogen-bond acceptors (Lipinski definition) is 4. The number of aromatic carboxylic acids is 1. The van der Waals surface area contributed by atoms with Crippen molar-refractivity contribution in [1.82, 2.24) is 4.98 Å². The number of rotatable bonds is 3. The highest BCUT2D eigenvalue weighted by Gasteiger charge is 2.23. The molecular weight excluding hydrogens is 238 g/mol. The van der Waals surface area contributed by atoms with Crippen LogP contribution in [0, 0.1) is 0 Å². The van der Waals surface area contributed by atoms with Crippen molar-refractivity contribution < 1.29 is 14.6 Å². The first-order chi connectivity index (χ1) is 7.18.